The largest absolute Gasteiger partial charge is 0.352 e. The van der Waals surface area contributed by atoms with Crippen molar-refractivity contribution in [1.82, 2.24) is 10.6 Å². The molecule has 0 radical (unpaired) electrons. The zero-order valence-electron chi connectivity index (χ0n) is 14.0. The predicted octanol–water partition coefficient (Wildman–Crippen LogP) is 2.19. The summed E-state index contributed by atoms with van der Waals surface area (Å²) in [6.45, 7) is 2.61. The van der Waals surface area contributed by atoms with Crippen molar-refractivity contribution in [2.75, 3.05) is 18.4 Å². The molecule has 2 aromatic rings. The molecule has 0 aromatic heterocycles. The average molecular weight is 339 g/mol. The number of rotatable bonds is 7. The second-order valence-electron chi connectivity index (χ2n) is 5.36. The molecule has 25 heavy (non-hydrogen) atoms. The molecule has 0 aliphatic carbocycles. The Bertz CT molecular complexity index is 745. The van der Waals surface area contributed by atoms with Crippen LogP contribution in [0.2, 0.25) is 0 Å². The van der Waals surface area contributed by atoms with Gasteiger partial charge in [-0.1, -0.05) is 24.3 Å². The van der Waals surface area contributed by atoms with Crippen LogP contribution < -0.4 is 16.0 Å². The first kappa shape index (κ1) is 18.2. The van der Waals surface area contributed by atoms with Gasteiger partial charge in [-0.2, -0.15) is 0 Å². The molecule has 2 aromatic carbocycles. The molecular weight excluding hydrogens is 318 g/mol. The Morgan fingerprint density at radius 2 is 1.52 bits per heavy atom. The molecule has 6 nitrogen and oxygen atoms in total. The van der Waals surface area contributed by atoms with E-state index in [9.17, 15) is 14.4 Å². The highest BCUT2D eigenvalue weighted by Gasteiger charge is 2.08. The summed E-state index contributed by atoms with van der Waals surface area (Å²) in [4.78, 5) is 35.6. The molecule has 0 atom stereocenters. The van der Waals surface area contributed by atoms with Crippen molar-refractivity contribution in [1.29, 1.82) is 0 Å². The van der Waals surface area contributed by atoms with Crippen molar-refractivity contribution in [3.05, 3.63) is 65.7 Å². The molecule has 3 N–H and O–H groups in total. The van der Waals surface area contributed by atoms with E-state index in [1.54, 1.807) is 48.5 Å². The number of benzene rings is 2. The number of carbonyl (C=O) groups is 3. The van der Waals surface area contributed by atoms with E-state index in [4.69, 9.17) is 0 Å². The third kappa shape index (κ3) is 5.76. The van der Waals surface area contributed by atoms with E-state index in [1.165, 1.54) is 0 Å². The first-order valence-electron chi connectivity index (χ1n) is 8.11. The van der Waals surface area contributed by atoms with Crippen molar-refractivity contribution in [3.63, 3.8) is 0 Å². The molecule has 0 heterocycles. The maximum Gasteiger partial charge on any atom is 0.251 e. The summed E-state index contributed by atoms with van der Waals surface area (Å²) in [6, 6.07) is 15.5. The maximum absolute atomic E-state index is 12.0. The van der Waals surface area contributed by atoms with Crippen molar-refractivity contribution in [3.8, 4) is 0 Å². The molecule has 3 amide bonds. The van der Waals surface area contributed by atoms with Gasteiger partial charge in [0.15, 0.2) is 0 Å². The second kappa shape index (κ2) is 9.22. The summed E-state index contributed by atoms with van der Waals surface area (Å²) >= 11 is 0. The standard InChI is InChI=1S/C19H21N3O3/c1-2-20-19(25)15-9-6-10-16(13-15)22-17(23)11-12-21-18(24)14-7-4-3-5-8-14/h3-10,13H,2,11-12H2,1H3,(H,20,25)(H,21,24)(H,22,23). The van der Waals surface area contributed by atoms with E-state index in [-0.39, 0.29) is 30.7 Å². The van der Waals surface area contributed by atoms with Gasteiger partial charge in [0, 0.05) is 36.3 Å². The van der Waals surface area contributed by atoms with E-state index in [1.807, 2.05) is 13.0 Å². The van der Waals surface area contributed by atoms with Crippen LogP contribution in [0.5, 0.6) is 0 Å². The van der Waals surface area contributed by atoms with Crippen LogP contribution in [0, 0.1) is 0 Å². The van der Waals surface area contributed by atoms with Crippen LogP contribution >= 0.6 is 0 Å². The number of anilines is 1. The van der Waals surface area contributed by atoms with Crippen LogP contribution in [0.4, 0.5) is 5.69 Å². The Balaban J connectivity index is 1.81. The molecular formula is C19H21N3O3. The minimum atomic E-state index is -0.235. The highest BCUT2D eigenvalue weighted by Crippen LogP contribution is 2.11. The molecule has 0 aliphatic heterocycles. The Morgan fingerprint density at radius 3 is 2.24 bits per heavy atom. The quantitative estimate of drug-likeness (QED) is 0.723. The van der Waals surface area contributed by atoms with Crippen molar-refractivity contribution in [2.24, 2.45) is 0 Å². The molecule has 0 saturated carbocycles. The fraction of sp³-hybridized carbons (Fsp3) is 0.211. The Morgan fingerprint density at radius 1 is 0.840 bits per heavy atom. The number of nitrogens with one attached hydrogen (secondary N) is 3. The molecule has 130 valence electrons. The van der Waals surface area contributed by atoms with Crippen molar-refractivity contribution >= 4 is 23.4 Å². The molecule has 0 spiro atoms. The Labute approximate surface area is 146 Å². The lowest BCUT2D eigenvalue weighted by Crippen LogP contribution is -2.27. The summed E-state index contributed by atoms with van der Waals surface area (Å²) < 4.78 is 0. The van der Waals surface area contributed by atoms with Crippen LogP contribution in [-0.4, -0.2) is 30.8 Å². The average Bonchev–Trinajstić information content (AvgIpc) is 2.62. The van der Waals surface area contributed by atoms with Gasteiger partial charge in [-0.3, -0.25) is 14.4 Å². The Kier molecular flexibility index (Phi) is 6.71. The van der Waals surface area contributed by atoms with Gasteiger partial charge in [-0.25, -0.2) is 0 Å². The molecule has 0 bridgehead atoms. The number of hydrogen-bond acceptors (Lipinski definition) is 3. The van der Waals surface area contributed by atoms with Gasteiger partial charge in [-0.15, -0.1) is 0 Å². The van der Waals surface area contributed by atoms with E-state index < -0.39 is 0 Å². The summed E-state index contributed by atoms with van der Waals surface area (Å²) in [6.07, 6.45) is 0.143. The van der Waals surface area contributed by atoms with Crippen LogP contribution in [0.15, 0.2) is 54.6 Å². The topological polar surface area (TPSA) is 87.3 Å². The maximum atomic E-state index is 12.0. The predicted molar refractivity (Wildman–Crippen MR) is 96.5 cm³/mol. The zero-order chi connectivity index (χ0) is 18.1. The summed E-state index contributed by atoms with van der Waals surface area (Å²) in [5.41, 5.74) is 1.58. The highest BCUT2D eigenvalue weighted by molar-refractivity contribution is 5.97. The summed E-state index contributed by atoms with van der Waals surface area (Å²) in [5, 5.41) is 8.13. The number of hydrogen-bond donors (Lipinski definition) is 3. The SMILES string of the molecule is CCNC(=O)c1cccc(NC(=O)CCNC(=O)c2ccccc2)c1. The molecule has 6 heteroatoms. The lowest BCUT2D eigenvalue weighted by molar-refractivity contribution is -0.116. The van der Waals surface area contributed by atoms with Gasteiger partial charge in [0.05, 0.1) is 0 Å². The monoisotopic (exact) mass is 339 g/mol. The van der Waals surface area contributed by atoms with Crippen molar-refractivity contribution in [2.45, 2.75) is 13.3 Å². The minimum absolute atomic E-state index is 0.143. The smallest absolute Gasteiger partial charge is 0.251 e. The van der Waals surface area contributed by atoms with Gasteiger partial charge in [0.25, 0.3) is 11.8 Å². The van der Waals surface area contributed by atoms with E-state index in [0.29, 0.717) is 23.4 Å². The third-order valence-electron chi connectivity index (χ3n) is 3.42. The van der Waals surface area contributed by atoms with Gasteiger partial charge < -0.3 is 16.0 Å². The molecule has 0 fully saturated rings. The highest BCUT2D eigenvalue weighted by atomic mass is 16.2. The van der Waals surface area contributed by atoms with E-state index >= 15 is 0 Å². The Hall–Kier alpha value is -3.15. The van der Waals surface area contributed by atoms with Crippen LogP contribution in [-0.2, 0) is 4.79 Å². The van der Waals surface area contributed by atoms with Crippen LogP contribution in [0.25, 0.3) is 0 Å². The van der Waals surface area contributed by atoms with E-state index in [0.717, 1.165) is 0 Å². The number of carbonyl (C=O) groups excluding carboxylic acids is 3. The van der Waals surface area contributed by atoms with Gasteiger partial charge in [0.1, 0.15) is 0 Å². The summed E-state index contributed by atoms with van der Waals surface area (Å²) in [5.74, 6) is -0.637. The normalized spacial score (nSPS) is 9.96. The van der Waals surface area contributed by atoms with Gasteiger partial charge >= 0.3 is 0 Å². The first-order valence-corrected chi connectivity index (χ1v) is 8.11. The van der Waals surface area contributed by atoms with E-state index in [2.05, 4.69) is 16.0 Å². The number of amides is 3. The molecule has 0 saturated heterocycles. The van der Waals surface area contributed by atoms with Crippen LogP contribution in [0.3, 0.4) is 0 Å². The molecule has 2 rings (SSSR count). The first-order chi connectivity index (χ1) is 12.1. The molecule has 0 unspecified atom stereocenters. The van der Waals surface area contributed by atoms with Crippen molar-refractivity contribution < 1.29 is 14.4 Å². The van der Waals surface area contributed by atoms with Gasteiger partial charge in [0.2, 0.25) is 5.91 Å². The lowest BCUT2D eigenvalue weighted by atomic mass is 10.2. The molecule has 0 aliphatic rings. The summed E-state index contributed by atoms with van der Waals surface area (Å²) in [7, 11) is 0. The fourth-order valence-corrected chi connectivity index (χ4v) is 2.21. The zero-order valence-corrected chi connectivity index (χ0v) is 14.0. The van der Waals surface area contributed by atoms with Gasteiger partial charge in [-0.05, 0) is 37.3 Å². The minimum Gasteiger partial charge on any atom is -0.352 e. The fourth-order valence-electron chi connectivity index (χ4n) is 2.21. The lowest BCUT2D eigenvalue weighted by Gasteiger charge is -2.08. The second-order valence-corrected chi connectivity index (χ2v) is 5.36. The van der Waals surface area contributed by atoms with Crippen LogP contribution in [0.1, 0.15) is 34.1 Å². The third-order valence-corrected chi connectivity index (χ3v) is 3.42.